The highest BCUT2D eigenvalue weighted by atomic mass is 32.1. The minimum Gasteiger partial charge on any atom is -0.497 e. The summed E-state index contributed by atoms with van der Waals surface area (Å²) in [4.78, 5) is 14.6. The smallest absolute Gasteiger partial charge is 0.261 e. The van der Waals surface area contributed by atoms with Crippen LogP contribution in [0.2, 0.25) is 0 Å². The van der Waals surface area contributed by atoms with Crippen molar-refractivity contribution in [2.75, 3.05) is 7.11 Å². The van der Waals surface area contributed by atoms with Crippen LogP contribution in [-0.4, -0.2) is 19.1 Å². The first-order valence-electron chi connectivity index (χ1n) is 8.58. The second-order valence-corrected chi connectivity index (χ2v) is 8.04. The monoisotopic (exact) mass is 343 g/mol. The number of carbonyl (C=O) groups excluding carboxylic acids is 1. The summed E-state index contributed by atoms with van der Waals surface area (Å²) in [6.07, 6.45) is 3.02. The summed E-state index contributed by atoms with van der Waals surface area (Å²) >= 11 is 1.60. The van der Waals surface area contributed by atoms with E-state index in [1.165, 1.54) is 21.6 Å². The fraction of sp³-hybridized carbons (Fsp3) is 0.450. The minimum atomic E-state index is 0.0481. The molecule has 1 aromatic carbocycles. The lowest BCUT2D eigenvalue weighted by Crippen LogP contribution is -2.32. The Morgan fingerprint density at radius 1 is 1.21 bits per heavy atom. The second-order valence-electron chi connectivity index (χ2n) is 6.99. The molecule has 128 valence electrons. The zero-order valence-electron chi connectivity index (χ0n) is 14.8. The van der Waals surface area contributed by atoms with Crippen LogP contribution in [0.4, 0.5) is 0 Å². The minimum absolute atomic E-state index is 0.0481. The van der Waals surface area contributed by atoms with Gasteiger partial charge in [-0.2, -0.15) is 0 Å². The molecular weight excluding hydrogens is 318 g/mol. The predicted molar refractivity (Wildman–Crippen MR) is 100 cm³/mol. The number of nitrogens with one attached hydrogen (secondary N) is 1. The topological polar surface area (TPSA) is 38.3 Å². The van der Waals surface area contributed by atoms with E-state index < -0.39 is 0 Å². The van der Waals surface area contributed by atoms with E-state index in [9.17, 15) is 4.79 Å². The lowest BCUT2D eigenvalue weighted by molar-refractivity contribution is 0.0940. The van der Waals surface area contributed by atoms with Crippen LogP contribution in [0.1, 0.15) is 48.0 Å². The molecule has 0 spiro atoms. The van der Waals surface area contributed by atoms with Gasteiger partial charge in [-0.1, -0.05) is 19.9 Å². The Labute approximate surface area is 148 Å². The van der Waals surface area contributed by atoms with Crippen molar-refractivity contribution in [2.45, 2.75) is 46.1 Å². The maximum atomic E-state index is 12.6. The van der Waals surface area contributed by atoms with Gasteiger partial charge in [0.15, 0.2) is 0 Å². The number of methoxy groups -OCH3 is 1. The molecule has 24 heavy (non-hydrogen) atoms. The van der Waals surface area contributed by atoms with Gasteiger partial charge < -0.3 is 10.1 Å². The average molecular weight is 343 g/mol. The van der Waals surface area contributed by atoms with E-state index in [4.69, 9.17) is 4.74 Å². The van der Waals surface area contributed by atoms with E-state index in [-0.39, 0.29) is 11.9 Å². The Morgan fingerprint density at radius 2 is 1.96 bits per heavy atom. The molecule has 1 aliphatic carbocycles. The van der Waals surface area contributed by atoms with E-state index in [1.807, 2.05) is 6.07 Å². The average Bonchev–Trinajstić information content (AvgIpc) is 2.98. The Balaban J connectivity index is 1.85. The Kier molecular flexibility index (Phi) is 4.95. The van der Waals surface area contributed by atoms with Crippen LogP contribution >= 0.6 is 11.3 Å². The van der Waals surface area contributed by atoms with Crippen molar-refractivity contribution in [2.24, 2.45) is 5.92 Å². The van der Waals surface area contributed by atoms with Crippen molar-refractivity contribution >= 4 is 17.2 Å². The summed E-state index contributed by atoms with van der Waals surface area (Å²) in [6, 6.07) is 8.51. The molecule has 0 bridgehead atoms. The maximum Gasteiger partial charge on any atom is 0.261 e. The Bertz CT molecular complexity index is 748. The molecule has 0 fully saturated rings. The number of benzene rings is 1. The number of amides is 1. The van der Waals surface area contributed by atoms with Crippen molar-refractivity contribution in [1.82, 2.24) is 5.32 Å². The second kappa shape index (κ2) is 6.98. The van der Waals surface area contributed by atoms with Gasteiger partial charge in [-0.15, -0.1) is 11.3 Å². The molecular formula is C20H25NO2S. The molecule has 1 atom stereocenters. The summed E-state index contributed by atoms with van der Waals surface area (Å²) in [7, 11) is 1.69. The van der Waals surface area contributed by atoms with Crippen molar-refractivity contribution in [3.8, 4) is 16.2 Å². The fourth-order valence-electron chi connectivity index (χ4n) is 3.40. The summed E-state index contributed by atoms with van der Waals surface area (Å²) < 4.78 is 5.36. The SMILES string of the molecule is COc1ccc2c(c1)-c1sc(C(=O)NC(C)CC(C)C)cc1CC2. The highest BCUT2D eigenvalue weighted by Crippen LogP contribution is 2.41. The third-order valence-corrected chi connectivity index (χ3v) is 5.67. The highest BCUT2D eigenvalue weighted by Gasteiger charge is 2.22. The van der Waals surface area contributed by atoms with Crippen molar-refractivity contribution in [1.29, 1.82) is 0 Å². The highest BCUT2D eigenvalue weighted by molar-refractivity contribution is 7.17. The van der Waals surface area contributed by atoms with Gasteiger partial charge in [-0.3, -0.25) is 4.79 Å². The third-order valence-electron chi connectivity index (χ3n) is 4.46. The normalized spacial score (nSPS) is 14.0. The molecule has 3 nitrogen and oxygen atoms in total. The number of ether oxygens (including phenoxy) is 1. The molecule has 2 aromatic rings. The summed E-state index contributed by atoms with van der Waals surface area (Å²) in [6.45, 7) is 6.43. The summed E-state index contributed by atoms with van der Waals surface area (Å²) in [5, 5.41) is 3.13. The number of thiophene rings is 1. The van der Waals surface area contributed by atoms with Crippen LogP contribution in [0.15, 0.2) is 24.3 Å². The van der Waals surface area contributed by atoms with E-state index in [2.05, 4.69) is 44.3 Å². The largest absolute Gasteiger partial charge is 0.497 e. The Morgan fingerprint density at radius 3 is 2.67 bits per heavy atom. The lowest BCUT2D eigenvalue weighted by atomic mass is 9.91. The van der Waals surface area contributed by atoms with Crippen LogP contribution in [0.5, 0.6) is 5.75 Å². The molecule has 1 aromatic heterocycles. The van der Waals surface area contributed by atoms with Gasteiger partial charge >= 0.3 is 0 Å². The number of hydrogen-bond donors (Lipinski definition) is 1. The van der Waals surface area contributed by atoms with Crippen molar-refractivity contribution in [3.05, 3.63) is 40.3 Å². The van der Waals surface area contributed by atoms with Gasteiger partial charge in [0.05, 0.1) is 12.0 Å². The lowest BCUT2D eigenvalue weighted by Gasteiger charge is -2.16. The number of carbonyl (C=O) groups is 1. The quantitative estimate of drug-likeness (QED) is 0.855. The maximum absolute atomic E-state index is 12.6. The van der Waals surface area contributed by atoms with Crippen LogP contribution in [0.25, 0.3) is 10.4 Å². The van der Waals surface area contributed by atoms with Crippen LogP contribution in [0.3, 0.4) is 0 Å². The zero-order chi connectivity index (χ0) is 17.3. The van der Waals surface area contributed by atoms with Gasteiger partial charge in [0, 0.05) is 10.9 Å². The molecule has 1 unspecified atom stereocenters. The van der Waals surface area contributed by atoms with Crippen LogP contribution in [-0.2, 0) is 12.8 Å². The molecule has 4 heteroatoms. The van der Waals surface area contributed by atoms with Crippen LogP contribution < -0.4 is 10.1 Å². The van der Waals surface area contributed by atoms with Crippen molar-refractivity contribution in [3.63, 3.8) is 0 Å². The molecule has 1 aliphatic rings. The number of aryl methyl sites for hydroxylation is 2. The Hall–Kier alpha value is -1.81. The predicted octanol–water partition coefficient (Wildman–Crippen LogP) is 4.69. The first-order valence-corrected chi connectivity index (χ1v) is 9.40. The van der Waals surface area contributed by atoms with Gasteiger partial charge in [-0.25, -0.2) is 0 Å². The molecule has 3 rings (SSSR count). The van der Waals surface area contributed by atoms with E-state index in [1.54, 1.807) is 18.4 Å². The zero-order valence-corrected chi connectivity index (χ0v) is 15.6. The third kappa shape index (κ3) is 3.48. The molecule has 0 saturated heterocycles. The van der Waals surface area contributed by atoms with Gasteiger partial charge in [0.2, 0.25) is 0 Å². The molecule has 0 saturated carbocycles. The molecule has 0 radical (unpaired) electrons. The van der Waals surface area contributed by atoms with Gasteiger partial charge in [0.25, 0.3) is 5.91 Å². The van der Waals surface area contributed by atoms with Gasteiger partial charge in [0.1, 0.15) is 5.75 Å². The molecule has 1 heterocycles. The number of rotatable bonds is 5. The molecule has 0 aliphatic heterocycles. The van der Waals surface area contributed by atoms with E-state index in [0.29, 0.717) is 5.92 Å². The standard InChI is InChI=1S/C20H25NO2S/c1-12(2)9-13(3)21-20(22)18-10-15-6-5-14-7-8-16(23-4)11-17(14)19(15)24-18/h7-8,10-13H,5-6,9H2,1-4H3,(H,21,22). The van der Waals surface area contributed by atoms with E-state index in [0.717, 1.165) is 29.9 Å². The van der Waals surface area contributed by atoms with Gasteiger partial charge in [-0.05, 0) is 67.0 Å². The fourth-order valence-corrected chi connectivity index (χ4v) is 4.56. The first kappa shape index (κ1) is 17.0. The number of hydrogen-bond acceptors (Lipinski definition) is 3. The van der Waals surface area contributed by atoms with E-state index >= 15 is 0 Å². The number of fused-ring (bicyclic) bond motifs is 3. The van der Waals surface area contributed by atoms with Crippen molar-refractivity contribution < 1.29 is 9.53 Å². The van der Waals surface area contributed by atoms with Crippen LogP contribution in [0, 0.1) is 5.92 Å². The summed E-state index contributed by atoms with van der Waals surface area (Å²) in [5.74, 6) is 1.50. The molecule has 1 amide bonds. The molecule has 1 N–H and O–H groups in total. The first-order chi connectivity index (χ1) is 11.5. The summed E-state index contributed by atoms with van der Waals surface area (Å²) in [5.41, 5.74) is 3.84.